The fourth-order valence-corrected chi connectivity index (χ4v) is 1.51. The van der Waals surface area contributed by atoms with Crippen LogP contribution in [0.25, 0.3) is 0 Å². The predicted octanol–water partition coefficient (Wildman–Crippen LogP) is 1.50. The molecule has 1 aliphatic rings. The number of nitrogens with zero attached hydrogens (tertiary/aromatic N) is 3. The Bertz CT molecular complexity index is 478. The lowest BCUT2D eigenvalue weighted by molar-refractivity contribution is 0.0921. The molecular weight excluding hydrogens is 194 g/mol. The largest absolute Gasteiger partial charge is 0.377 e. The molecule has 0 fully saturated rings. The second-order valence-corrected chi connectivity index (χ2v) is 3.40. The maximum Gasteiger partial charge on any atom is 0.298 e. The Morgan fingerprint density at radius 1 is 1.07 bits per heavy atom. The SMILES string of the molecule is CN(C)c1cccc2c1C(=O)N=NC2=O. The van der Waals surface area contributed by atoms with Crippen molar-refractivity contribution in [3.63, 3.8) is 0 Å². The molecule has 0 aromatic heterocycles. The molecule has 0 saturated heterocycles. The second-order valence-electron chi connectivity index (χ2n) is 3.40. The first-order valence-electron chi connectivity index (χ1n) is 4.42. The van der Waals surface area contributed by atoms with Gasteiger partial charge >= 0.3 is 0 Å². The van der Waals surface area contributed by atoms with Crippen LogP contribution < -0.4 is 4.90 Å². The van der Waals surface area contributed by atoms with E-state index in [2.05, 4.69) is 10.2 Å². The average molecular weight is 203 g/mol. The fraction of sp³-hybridized carbons (Fsp3) is 0.200. The van der Waals surface area contributed by atoms with Crippen LogP contribution in [0.4, 0.5) is 5.69 Å². The van der Waals surface area contributed by atoms with Gasteiger partial charge in [-0.05, 0) is 12.1 Å². The number of azo groups is 1. The Balaban J connectivity index is 2.71. The molecule has 76 valence electrons. The van der Waals surface area contributed by atoms with Crippen LogP contribution in [0.2, 0.25) is 0 Å². The van der Waals surface area contributed by atoms with Crippen molar-refractivity contribution in [2.45, 2.75) is 0 Å². The molecule has 0 aliphatic carbocycles. The molecule has 0 spiro atoms. The Hall–Kier alpha value is -2.04. The molecule has 15 heavy (non-hydrogen) atoms. The minimum absolute atomic E-state index is 0.321. The molecule has 0 N–H and O–H groups in total. The number of rotatable bonds is 1. The molecule has 0 atom stereocenters. The van der Waals surface area contributed by atoms with Crippen LogP contribution in [0.5, 0.6) is 0 Å². The van der Waals surface area contributed by atoms with Crippen LogP contribution >= 0.6 is 0 Å². The van der Waals surface area contributed by atoms with Gasteiger partial charge in [-0.2, -0.15) is 0 Å². The summed E-state index contributed by atoms with van der Waals surface area (Å²) >= 11 is 0. The van der Waals surface area contributed by atoms with E-state index in [4.69, 9.17) is 0 Å². The molecule has 2 rings (SSSR count). The molecule has 0 saturated carbocycles. The van der Waals surface area contributed by atoms with E-state index in [0.717, 1.165) is 0 Å². The van der Waals surface area contributed by atoms with Gasteiger partial charge in [0.05, 0.1) is 11.1 Å². The number of carbonyl (C=O) groups is 2. The van der Waals surface area contributed by atoms with E-state index in [0.29, 0.717) is 16.8 Å². The van der Waals surface area contributed by atoms with Crippen molar-refractivity contribution in [3.05, 3.63) is 29.3 Å². The van der Waals surface area contributed by atoms with Crippen molar-refractivity contribution in [2.75, 3.05) is 19.0 Å². The Kier molecular flexibility index (Phi) is 2.07. The highest BCUT2D eigenvalue weighted by Gasteiger charge is 2.25. The molecule has 1 aromatic carbocycles. The summed E-state index contributed by atoms with van der Waals surface area (Å²) in [6.07, 6.45) is 0. The highest BCUT2D eigenvalue weighted by atomic mass is 16.2. The summed E-state index contributed by atoms with van der Waals surface area (Å²) in [5.74, 6) is -0.929. The quantitative estimate of drug-likeness (QED) is 0.694. The molecule has 0 bridgehead atoms. The zero-order valence-electron chi connectivity index (χ0n) is 8.39. The van der Waals surface area contributed by atoms with Gasteiger partial charge in [0.25, 0.3) is 11.8 Å². The van der Waals surface area contributed by atoms with Crippen LogP contribution in [0, 0.1) is 0 Å². The number of hydrogen-bond donors (Lipinski definition) is 0. The molecule has 2 amide bonds. The van der Waals surface area contributed by atoms with Crippen molar-refractivity contribution < 1.29 is 9.59 Å². The second kappa shape index (κ2) is 3.27. The van der Waals surface area contributed by atoms with E-state index in [1.165, 1.54) is 0 Å². The molecule has 0 radical (unpaired) electrons. The minimum atomic E-state index is -0.465. The van der Waals surface area contributed by atoms with E-state index in [-0.39, 0.29) is 0 Å². The third-order valence-corrected chi connectivity index (χ3v) is 2.20. The molecule has 1 aliphatic heterocycles. The van der Waals surface area contributed by atoms with Crippen molar-refractivity contribution in [1.82, 2.24) is 0 Å². The zero-order valence-corrected chi connectivity index (χ0v) is 8.39. The summed E-state index contributed by atoms with van der Waals surface area (Å²) < 4.78 is 0. The summed E-state index contributed by atoms with van der Waals surface area (Å²) in [6.45, 7) is 0. The highest BCUT2D eigenvalue weighted by Crippen LogP contribution is 2.26. The Labute approximate surface area is 86.4 Å². The molecule has 0 unspecified atom stereocenters. The number of benzene rings is 1. The van der Waals surface area contributed by atoms with Gasteiger partial charge in [0.2, 0.25) is 0 Å². The van der Waals surface area contributed by atoms with E-state index in [1.807, 2.05) is 0 Å². The zero-order chi connectivity index (χ0) is 11.0. The number of carbonyl (C=O) groups excluding carboxylic acids is 2. The van der Waals surface area contributed by atoms with Crippen molar-refractivity contribution in [1.29, 1.82) is 0 Å². The molecule has 5 nitrogen and oxygen atoms in total. The topological polar surface area (TPSA) is 62.1 Å². The van der Waals surface area contributed by atoms with Gasteiger partial charge in [0.15, 0.2) is 0 Å². The standard InChI is InChI=1S/C10H9N3O2/c1-13(2)7-5-3-4-6-8(7)10(15)12-11-9(6)14/h3-5H,1-2H3. The molecule has 1 aromatic rings. The first-order valence-corrected chi connectivity index (χ1v) is 4.42. The van der Waals surface area contributed by atoms with Gasteiger partial charge in [-0.15, -0.1) is 10.2 Å². The number of fused-ring (bicyclic) bond motifs is 1. The predicted molar refractivity (Wildman–Crippen MR) is 54.3 cm³/mol. The Morgan fingerprint density at radius 3 is 2.40 bits per heavy atom. The van der Waals surface area contributed by atoms with Crippen LogP contribution in [-0.2, 0) is 0 Å². The molecular formula is C10H9N3O2. The monoisotopic (exact) mass is 203 g/mol. The van der Waals surface area contributed by atoms with Crippen molar-refractivity contribution in [3.8, 4) is 0 Å². The lowest BCUT2D eigenvalue weighted by Crippen LogP contribution is -2.18. The van der Waals surface area contributed by atoms with Gasteiger partial charge in [0, 0.05) is 19.8 Å². The molecule has 5 heteroatoms. The highest BCUT2D eigenvalue weighted by molar-refractivity contribution is 6.14. The number of hydrogen-bond acceptors (Lipinski definition) is 3. The first kappa shape index (κ1) is 9.51. The minimum Gasteiger partial charge on any atom is -0.377 e. The fourth-order valence-electron chi connectivity index (χ4n) is 1.51. The maximum absolute atomic E-state index is 11.5. The molecule has 1 heterocycles. The van der Waals surface area contributed by atoms with E-state index >= 15 is 0 Å². The first-order chi connectivity index (χ1) is 7.11. The van der Waals surface area contributed by atoms with Gasteiger partial charge in [-0.1, -0.05) is 6.07 Å². The van der Waals surface area contributed by atoms with E-state index in [9.17, 15) is 9.59 Å². The van der Waals surface area contributed by atoms with Crippen LogP contribution in [0.15, 0.2) is 28.4 Å². The summed E-state index contributed by atoms with van der Waals surface area (Å²) in [5, 5.41) is 6.58. The van der Waals surface area contributed by atoms with Crippen LogP contribution in [-0.4, -0.2) is 25.9 Å². The van der Waals surface area contributed by atoms with Crippen molar-refractivity contribution in [2.24, 2.45) is 10.2 Å². The third-order valence-electron chi connectivity index (χ3n) is 2.20. The summed E-state index contributed by atoms with van der Waals surface area (Å²) in [7, 11) is 3.61. The lowest BCUT2D eigenvalue weighted by Gasteiger charge is -2.18. The maximum atomic E-state index is 11.5. The number of amides is 2. The third kappa shape index (κ3) is 1.41. The van der Waals surface area contributed by atoms with Gasteiger partial charge in [0.1, 0.15) is 0 Å². The normalized spacial score (nSPS) is 14.0. The van der Waals surface area contributed by atoms with E-state index < -0.39 is 11.8 Å². The van der Waals surface area contributed by atoms with Gasteiger partial charge < -0.3 is 4.90 Å². The van der Waals surface area contributed by atoms with Gasteiger partial charge in [-0.25, -0.2) is 0 Å². The van der Waals surface area contributed by atoms with Crippen LogP contribution in [0.3, 0.4) is 0 Å². The van der Waals surface area contributed by atoms with Crippen molar-refractivity contribution >= 4 is 17.5 Å². The average Bonchev–Trinajstić information content (AvgIpc) is 2.23. The summed E-state index contributed by atoms with van der Waals surface area (Å²) in [5.41, 5.74) is 1.34. The van der Waals surface area contributed by atoms with Gasteiger partial charge in [-0.3, -0.25) is 9.59 Å². The Morgan fingerprint density at radius 2 is 1.73 bits per heavy atom. The summed E-state index contributed by atoms with van der Waals surface area (Å²) in [4.78, 5) is 24.7. The lowest BCUT2D eigenvalue weighted by atomic mass is 10.0. The number of anilines is 1. The van der Waals surface area contributed by atoms with Crippen LogP contribution in [0.1, 0.15) is 20.7 Å². The smallest absolute Gasteiger partial charge is 0.298 e. The summed E-state index contributed by atoms with van der Waals surface area (Å²) in [6, 6.07) is 5.08. The van der Waals surface area contributed by atoms with E-state index in [1.54, 1.807) is 37.2 Å².